The van der Waals surface area contributed by atoms with Crippen LogP contribution in [0.2, 0.25) is 0 Å². The second kappa shape index (κ2) is 9.86. The molecule has 0 aliphatic heterocycles. The molecule has 0 aliphatic carbocycles. The Bertz CT molecular complexity index is 2380. The first-order chi connectivity index (χ1) is 21.0. The van der Waals surface area contributed by atoms with Crippen molar-refractivity contribution in [1.82, 2.24) is 24.1 Å². The summed E-state index contributed by atoms with van der Waals surface area (Å²) in [5.74, 6) is 1.91. The van der Waals surface area contributed by atoms with Gasteiger partial charge in [-0.2, -0.15) is 0 Å². The summed E-state index contributed by atoms with van der Waals surface area (Å²) in [6.07, 6.45) is 0. The third-order valence-corrected chi connectivity index (χ3v) is 9.28. The molecule has 8 rings (SSSR count). The maximum absolute atomic E-state index is 12.4. The Labute approximate surface area is 251 Å². The van der Waals surface area contributed by atoms with E-state index in [1.165, 1.54) is 20.2 Å². The van der Waals surface area contributed by atoms with Gasteiger partial charge in [0.1, 0.15) is 0 Å². The summed E-state index contributed by atoms with van der Waals surface area (Å²) in [4.78, 5) is 27.4. The Balaban J connectivity index is 1.26. The van der Waals surface area contributed by atoms with Gasteiger partial charge in [0.2, 0.25) is 0 Å². The number of thiophene rings is 1. The van der Waals surface area contributed by atoms with Crippen LogP contribution in [0, 0.1) is 0 Å². The van der Waals surface area contributed by atoms with Gasteiger partial charge >= 0.3 is 5.69 Å². The standard InChI is InChI=1S/C36H25N5OS/c1-40-29-20-19-25(21-30(29)41(2)36(40)42)22-15-17-24(18-16-22)34-37-33(23-9-4-3-5-10-23)38-35(39-34)28-13-8-12-27-26-11-6-7-14-31(26)43-32(27)28/h3-21H,1-2H3. The summed E-state index contributed by atoms with van der Waals surface area (Å²) in [6.45, 7) is 0. The highest BCUT2D eigenvalue weighted by Gasteiger charge is 2.17. The number of aromatic nitrogens is 5. The number of aryl methyl sites for hydroxylation is 2. The number of rotatable bonds is 4. The number of imidazole rings is 1. The SMILES string of the molecule is Cn1c(=O)n(C)c2cc(-c3ccc(-c4nc(-c5ccccc5)nc(-c5cccc6c5sc5ccccc56)n4)cc3)ccc21. The van der Waals surface area contributed by atoms with E-state index in [1.807, 2.05) is 36.4 Å². The van der Waals surface area contributed by atoms with Crippen LogP contribution in [0.5, 0.6) is 0 Å². The van der Waals surface area contributed by atoms with Crippen LogP contribution in [-0.4, -0.2) is 24.1 Å². The molecule has 3 aromatic heterocycles. The van der Waals surface area contributed by atoms with E-state index in [0.29, 0.717) is 17.5 Å². The summed E-state index contributed by atoms with van der Waals surface area (Å²) in [5, 5.41) is 2.45. The van der Waals surface area contributed by atoms with Gasteiger partial charge < -0.3 is 0 Å². The van der Waals surface area contributed by atoms with Crippen LogP contribution >= 0.6 is 11.3 Å². The van der Waals surface area contributed by atoms with E-state index in [-0.39, 0.29) is 5.69 Å². The first kappa shape index (κ1) is 25.3. The van der Waals surface area contributed by atoms with Crippen molar-refractivity contribution >= 4 is 42.5 Å². The van der Waals surface area contributed by atoms with Crippen LogP contribution < -0.4 is 5.69 Å². The molecule has 0 unspecified atom stereocenters. The minimum Gasteiger partial charge on any atom is -0.295 e. The Morgan fingerprint density at radius 2 is 1.14 bits per heavy atom. The number of nitrogens with zero attached hydrogens (tertiary/aromatic N) is 5. The summed E-state index contributed by atoms with van der Waals surface area (Å²) < 4.78 is 5.76. The van der Waals surface area contributed by atoms with Crippen molar-refractivity contribution < 1.29 is 0 Å². The van der Waals surface area contributed by atoms with Crippen LogP contribution in [0.25, 0.3) is 76.5 Å². The molecule has 0 saturated carbocycles. The molecule has 0 aliphatic rings. The fourth-order valence-corrected chi connectivity index (χ4v) is 6.97. The molecule has 0 radical (unpaired) electrons. The minimum absolute atomic E-state index is 0.0336. The lowest BCUT2D eigenvalue weighted by Gasteiger charge is -2.10. The second-order valence-corrected chi connectivity index (χ2v) is 11.7. The molecule has 5 aromatic carbocycles. The molecule has 6 nitrogen and oxygen atoms in total. The average Bonchev–Trinajstić information content (AvgIpc) is 3.55. The van der Waals surface area contributed by atoms with Crippen molar-refractivity contribution in [2.24, 2.45) is 14.1 Å². The molecule has 0 spiro atoms. The van der Waals surface area contributed by atoms with E-state index in [2.05, 4.69) is 78.9 Å². The van der Waals surface area contributed by atoms with Crippen LogP contribution in [0.3, 0.4) is 0 Å². The first-order valence-corrected chi connectivity index (χ1v) is 14.9. The van der Waals surface area contributed by atoms with Crippen LogP contribution in [0.4, 0.5) is 0 Å². The minimum atomic E-state index is -0.0336. The zero-order valence-corrected chi connectivity index (χ0v) is 24.3. The zero-order chi connectivity index (χ0) is 29.1. The van der Waals surface area contributed by atoms with E-state index in [1.54, 1.807) is 34.6 Å². The van der Waals surface area contributed by atoms with Crippen LogP contribution in [0.1, 0.15) is 0 Å². The molecule has 0 bridgehead atoms. The summed E-state index contributed by atoms with van der Waals surface area (Å²) in [6, 6.07) is 39.3. The van der Waals surface area contributed by atoms with E-state index in [9.17, 15) is 4.79 Å². The Kier molecular flexibility index (Phi) is 5.80. The Hall–Kier alpha value is -5.40. The predicted octanol–water partition coefficient (Wildman–Crippen LogP) is 8.10. The quantitative estimate of drug-likeness (QED) is 0.213. The van der Waals surface area contributed by atoms with Gasteiger partial charge in [0.05, 0.1) is 11.0 Å². The fourth-order valence-electron chi connectivity index (χ4n) is 5.76. The highest BCUT2D eigenvalue weighted by atomic mass is 32.1. The summed E-state index contributed by atoms with van der Waals surface area (Å²) in [7, 11) is 3.60. The summed E-state index contributed by atoms with van der Waals surface area (Å²) in [5.41, 5.74) is 6.71. The molecule has 0 atom stereocenters. The molecule has 8 aromatic rings. The lowest BCUT2D eigenvalue weighted by Crippen LogP contribution is -2.19. The van der Waals surface area contributed by atoms with Crippen molar-refractivity contribution in [2.75, 3.05) is 0 Å². The number of benzene rings is 5. The van der Waals surface area contributed by atoms with Crippen LogP contribution in [-0.2, 0) is 14.1 Å². The lowest BCUT2D eigenvalue weighted by atomic mass is 10.0. The number of fused-ring (bicyclic) bond motifs is 4. The first-order valence-electron chi connectivity index (χ1n) is 14.0. The average molecular weight is 576 g/mol. The zero-order valence-electron chi connectivity index (χ0n) is 23.5. The van der Waals surface area contributed by atoms with Gasteiger partial charge in [-0.05, 0) is 35.4 Å². The highest BCUT2D eigenvalue weighted by Crippen LogP contribution is 2.39. The molecule has 0 amide bonds. The monoisotopic (exact) mass is 575 g/mol. The van der Waals surface area contributed by atoms with Gasteiger partial charge in [-0.15, -0.1) is 11.3 Å². The molecule has 206 valence electrons. The topological polar surface area (TPSA) is 65.6 Å². The molecule has 0 saturated heterocycles. The van der Waals surface area contributed by atoms with Gasteiger partial charge in [0.15, 0.2) is 17.5 Å². The van der Waals surface area contributed by atoms with E-state index in [0.717, 1.165) is 38.9 Å². The number of hydrogen-bond donors (Lipinski definition) is 0. The molecule has 3 heterocycles. The maximum atomic E-state index is 12.4. The molecule has 0 N–H and O–H groups in total. The van der Waals surface area contributed by atoms with Crippen molar-refractivity contribution in [2.45, 2.75) is 0 Å². The highest BCUT2D eigenvalue weighted by molar-refractivity contribution is 7.26. The molecular weight excluding hydrogens is 550 g/mol. The van der Waals surface area contributed by atoms with E-state index >= 15 is 0 Å². The van der Waals surface area contributed by atoms with Crippen molar-refractivity contribution in [1.29, 1.82) is 0 Å². The van der Waals surface area contributed by atoms with Gasteiger partial charge in [-0.1, -0.05) is 91.0 Å². The smallest absolute Gasteiger partial charge is 0.295 e. The van der Waals surface area contributed by atoms with Crippen LogP contribution in [0.15, 0.2) is 120 Å². The van der Waals surface area contributed by atoms with Gasteiger partial charge in [0, 0.05) is 51.0 Å². The van der Waals surface area contributed by atoms with Crippen molar-refractivity contribution in [3.63, 3.8) is 0 Å². The Morgan fingerprint density at radius 1 is 0.535 bits per heavy atom. The summed E-state index contributed by atoms with van der Waals surface area (Å²) >= 11 is 1.77. The third kappa shape index (κ3) is 4.16. The second-order valence-electron chi connectivity index (χ2n) is 10.6. The molecule has 0 fully saturated rings. The maximum Gasteiger partial charge on any atom is 0.328 e. The van der Waals surface area contributed by atoms with Crippen molar-refractivity contribution in [3.05, 3.63) is 126 Å². The molecular formula is C36H25N5OS. The third-order valence-electron chi connectivity index (χ3n) is 8.06. The van der Waals surface area contributed by atoms with Gasteiger partial charge in [0.25, 0.3) is 0 Å². The Morgan fingerprint density at radius 3 is 1.93 bits per heavy atom. The predicted molar refractivity (Wildman–Crippen MR) is 176 cm³/mol. The van der Waals surface area contributed by atoms with E-state index in [4.69, 9.17) is 15.0 Å². The van der Waals surface area contributed by atoms with Crippen molar-refractivity contribution in [3.8, 4) is 45.3 Å². The van der Waals surface area contributed by atoms with Gasteiger partial charge in [-0.25, -0.2) is 19.7 Å². The van der Waals surface area contributed by atoms with E-state index < -0.39 is 0 Å². The molecule has 43 heavy (non-hydrogen) atoms. The molecule has 7 heteroatoms. The van der Waals surface area contributed by atoms with Gasteiger partial charge in [-0.3, -0.25) is 9.13 Å². The fraction of sp³-hybridized carbons (Fsp3) is 0.0556. The largest absolute Gasteiger partial charge is 0.328 e. The number of hydrogen-bond acceptors (Lipinski definition) is 5. The normalized spacial score (nSPS) is 11.6. The lowest BCUT2D eigenvalue weighted by molar-refractivity contribution is 0.795.